The number of rotatable bonds is 3. The van der Waals surface area contributed by atoms with Crippen molar-refractivity contribution in [3.8, 4) is 5.75 Å². The van der Waals surface area contributed by atoms with E-state index in [0.717, 1.165) is 27.8 Å². The number of benzene rings is 2. The van der Waals surface area contributed by atoms with Gasteiger partial charge in [-0.25, -0.2) is 4.90 Å². The number of hydrogen-bond acceptors (Lipinski definition) is 4. The van der Waals surface area contributed by atoms with E-state index < -0.39 is 0 Å². The van der Waals surface area contributed by atoms with Crippen molar-refractivity contribution < 1.29 is 14.7 Å². The van der Waals surface area contributed by atoms with E-state index >= 15 is 0 Å². The van der Waals surface area contributed by atoms with E-state index in [0.29, 0.717) is 10.6 Å². The van der Waals surface area contributed by atoms with Gasteiger partial charge < -0.3 is 5.11 Å². The number of thioether (sulfide) groups is 1. The highest BCUT2D eigenvalue weighted by molar-refractivity contribution is 8.18. The smallest absolute Gasteiger partial charge is 0.298 e. The predicted molar refractivity (Wildman–Crippen MR) is 96.8 cm³/mol. The minimum absolute atomic E-state index is 0.0860. The normalized spacial score (nSPS) is 17.0. The van der Waals surface area contributed by atoms with Gasteiger partial charge in [-0.05, 0) is 60.2 Å². The lowest BCUT2D eigenvalue weighted by molar-refractivity contribution is -0.113. The van der Waals surface area contributed by atoms with Gasteiger partial charge in [-0.3, -0.25) is 9.59 Å². The third-order valence-corrected chi connectivity index (χ3v) is 4.32. The summed E-state index contributed by atoms with van der Waals surface area (Å²) >= 11 is 0.915. The summed E-state index contributed by atoms with van der Waals surface area (Å²) in [5, 5.41) is 8.99. The Morgan fingerprint density at radius 1 is 1.04 bits per heavy atom. The highest BCUT2D eigenvalue weighted by Crippen LogP contribution is 2.35. The number of phenolic OH excluding ortho intramolecular Hbond substituents is 1. The summed E-state index contributed by atoms with van der Waals surface area (Å²) in [5.74, 6) is -0.264. The van der Waals surface area contributed by atoms with Crippen LogP contribution in [0.3, 0.4) is 0 Å². The monoisotopic (exact) mass is 337 g/mol. The Morgan fingerprint density at radius 2 is 1.71 bits per heavy atom. The summed E-state index contributed by atoms with van der Waals surface area (Å²) in [6.45, 7) is 1.89. The highest BCUT2D eigenvalue weighted by Gasteiger charge is 2.36. The van der Waals surface area contributed by atoms with Crippen molar-refractivity contribution in [3.63, 3.8) is 0 Å². The van der Waals surface area contributed by atoms with Crippen LogP contribution in [0.2, 0.25) is 0 Å². The van der Waals surface area contributed by atoms with Gasteiger partial charge >= 0.3 is 0 Å². The Kier molecular flexibility index (Phi) is 4.53. The van der Waals surface area contributed by atoms with Crippen LogP contribution in [0.25, 0.3) is 6.08 Å². The third-order valence-electron chi connectivity index (χ3n) is 3.45. The van der Waals surface area contributed by atoms with E-state index in [-0.39, 0.29) is 16.9 Å². The molecular weight excluding hydrogens is 322 g/mol. The number of carbonyl (C=O) groups excluding carboxylic acids is 2. The summed E-state index contributed by atoms with van der Waals surface area (Å²) in [7, 11) is 0. The van der Waals surface area contributed by atoms with Gasteiger partial charge in [-0.1, -0.05) is 36.4 Å². The fraction of sp³-hybridized carbons (Fsp3) is 0.0526. The second-order valence-corrected chi connectivity index (χ2v) is 6.33. The van der Waals surface area contributed by atoms with Gasteiger partial charge in [0.05, 0.1) is 10.6 Å². The fourth-order valence-electron chi connectivity index (χ4n) is 2.35. The number of amides is 2. The van der Waals surface area contributed by atoms with E-state index in [1.165, 1.54) is 12.1 Å². The Bertz CT molecular complexity index is 839. The lowest BCUT2D eigenvalue weighted by Crippen LogP contribution is -2.27. The number of phenols is 1. The largest absolute Gasteiger partial charge is 0.508 e. The summed E-state index contributed by atoms with van der Waals surface area (Å²) < 4.78 is 0. The van der Waals surface area contributed by atoms with E-state index in [9.17, 15) is 14.7 Å². The molecule has 1 heterocycles. The van der Waals surface area contributed by atoms with Crippen LogP contribution in [-0.2, 0) is 4.79 Å². The molecule has 2 amide bonds. The predicted octanol–water partition coefficient (Wildman–Crippen LogP) is 4.58. The molecule has 0 atom stereocenters. The second kappa shape index (κ2) is 6.76. The van der Waals surface area contributed by atoms with Crippen LogP contribution in [0, 0.1) is 0 Å². The first-order valence-corrected chi connectivity index (χ1v) is 8.16. The topological polar surface area (TPSA) is 57.6 Å². The quantitative estimate of drug-likeness (QED) is 0.833. The number of anilines is 1. The fourth-order valence-corrected chi connectivity index (χ4v) is 3.24. The number of aromatic hydroxyl groups is 1. The van der Waals surface area contributed by atoms with Crippen molar-refractivity contribution in [1.29, 1.82) is 0 Å². The molecule has 0 aromatic heterocycles. The molecule has 0 saturated carbocycles. The molecule has 0 spiro atoms. The SMILES string of the molecule is CC(=Cc1ccccc1)C=C1SC(=O)N(c2ccc(O)cc2)C1=O. The molecule has 1 aliphatic heterocycles. The molecule has 120 valence electrons. The Hall–Kier alpha value is -2.79. The molecule has 0 bridgehead atoms. The standard InChI is InChI=1S/C19H15NO3S/c1-13(11-14-5-3-2-4-6-14)12-17-18(22)20(19(23)24-17)15-7-9-16(21)10-8-15/h2-12,21H,1H3. The van der Waals surface area contributed by atoms with Crippen LogP contribution < -0.4 is 4.90 Å². The summed E-state index contributed by atoms with van der Waals surface area (Å²) in [6.07, 6.45) is 3.67. The van der Waals surface area contributed by atoms with Gasteiger partial charge in [0.15, 0.2) is 0 Å². The van der Waals surface area contributed by atoms with E-state index in [1.54, 1.807) is 18.2 Å². The number of allylic oxidation sites excluding steroid dienone is 2. The van der Waals surface area contributed by atoms with Crippen molar-refractivity contribution in [2.45, 2.75) is 6.92 Å². The molecule has 1 saturated heterocycles. The Labute approximate surface area is 144 Å². The van der Waals surface area contributed by atoms with Crippen LogP contribution in [0.15, 0.2) is 71.2 Å². The van der Waals surface area contributed by atoms with Crippen LogP contribution in [0.1, 0.15) is 12.5 Å². The van der Waals surface area contributed by atoms with Crippen molar-refractivity contribution in [1.82, 2.24) is 0 Å². The summed E-state index contributed by atoms with van der Waals surface area (Å²) in [4.78, 5) is 26.2. The maximum atomic E-state index is 12.5. The number of imide groups is 1. The number of nitrogens with zero attached hydrogens (tertiary/aromatic N) is 1. The maximum absolute atomic E-state index is 12.5. The zero-order chi connectivity index (χ0) is 17.1. The van der Waals surface area contributed by atoms with Crippen LogP contribution in [0.5, 0.6) is 5.75 Å². The van der Waals surface area contributed by atoms with Gasteiger partial charge in [0.1, 0.15) is 5.75 Å². The second-order valence-electron chi connectivity index (χ2n) is 5.33. The first-order valence-electron chi connectivity index (χ1n) is 7.35. The lowest BCUT2D eigenvalue weighted by atomic mass is 10.1. The van der Waals surface area contributed by atoms with E-state index in [2.05, 4.69) is 0 Å². The summed E-state index contributed by atoms with van der Waals surface area (Å²) in [5.41, 5.74) is 2.37. The zero-order valence-corrected chi connectivity index (χ0v) is 13.8. The van der Waals surface area contributed by atoms with Gasteiger partial charge in [0.25, 0.3) is 11.1 Å². The Morgan fingerprint density at radius 3 is 2.38 bits per heavy atom. The molecule has 1 aliphatic rings. The van der Waals surface area contributed by atoms with E-state index in [1.807, 2.05) is 43.3 Å². The van der Waals surface area contributed by atoms with Crippen LogP contribution >= 0.6 is 11.8 Å². The summed E-state index contributed by atoms with van der Waals surface area (Å²) in [6, 6.07) is 15.7. The molecule has 5 heteroatoms. The molecule has 24 heavy (non-hydrogen) atoms. The molecule has 1 fully saturated rings. The number of carbonyl (C=O) groups is 2. The molecule has 4 nitrogen and oxygen atoms in total. The molecule has 1 N–H and O–H groups in total. The minimum atomic E-state index is -0.350. The maximum Gasteiger partial charge on any atom is 0.298 e. The molecule has 0 radical (unpaired) electrons. The van der Waals surface area contributed by atoms with Crippen molar-refractivity contribution in [2.24, 2.45) is 0 Å². The van der Waals surface area contributed by atoms with Gasteiger partial charge in [0, 0.05) is 0 Å². The van der Waals surface area contributed by atoms with Crippen LogP contribution in [0.4, 0.5) is 10.5 Å². The lowest BCUT2D eigenvalue weighted by Gasteiger charge is -2.12. The van der Waals surface area contributed by atoms with Crippen molar-refractivity contribution in [2.75, 3.05) is 4.90 Å². The van der Waals surface area contributed by atoms with Crippen molar-refractivity contribution >= 4 is 34.7 Å². The number of hydrogen-bond donors (Lipinski definition) is 1. The molecule has 3 rings (SSSR count). The average molecular weight is 337 g/mol. The Balaban J connectivity index is 1.85. The molecule has 0 unspecified atom stereocenters. The first kappa shape index (κ1) is 16.1. The van der Waals surface area contributed by atoms with E-state index in [4.69, 9.17) is 0 Å². The molecule has 0 aliphatic carbocycles. The molecule has 2 aromatic rings. The van der Waals surface area contributed by atoms with Gasteiger partial charge in [-0.2, -0.15) is 0 Å². The minimum Gasteiger partial charge on any atom is -0.508 e. The molecular formula is C19H15NO3S. The van der Waals surface area contributed by atoms with Gasteiger partial charge in [0.2, 0.25) is 0 Å². The molecule has 2 aromatic carbocycles. The van der Waals surface area contributed by atoms with Crippen molar-refractivity contribution in [3.05, 3.63) is 76.7 Å². The third kappa shape index (κ3) is 3.41. The first-order chi connectivity index (χ1) is 11.5. The van der Waals surface area contributed by atoms with Crippen LogP contribution in [-0.4, -0.2) is 16.3 Å². The average Bonchev–Trinajstić information content (AvgIpc) is 2.83. The zero-order valence-electron chi connectivity index (χ0n) is 13.0. The highest BCUT2D eigenvalue weighted by atomic mass is 32.2. The van der Waals surface area contributed by atoms with Gasteiger partial charge in [-0.15, -0.1) is 0 Å².